The molecule has 1 aliphatic rings. The van der Waals surface area contributed by atoms with Crippen LogP contribution in [0.2, 0.25) is 0 Å². The Bertz CT molecular complexity index is 628. The lowest BCUT2D eigenvalue weighted by Gasteiger charge is -2.28. The quantitative estimate of drug-likeness (QED) is 0.442. The van der Waals surface area contributed by atoms with E-state index in [-0.39, 0.29) is 30.0 Å². The molecule has 1 aliphatic heterocycles. The van der Waals surface area contributed by atoms with E-state index in [0.717, 1.165) is 0 Å². The largest absolute Gasteiger partial charge is 0.463 e. The highest BCUT2D eigenvalue weighted by Crippen LogP contribution is 2.28. The van der Waals surface area contributed by atoms with Crippen molar-refractivity contribution in [3.8, 4) is 0 Å². The maximum Gasteiger partial charge on any atom is 0.308 e. The van der Waals surface area contributed by atoms with Gasteiger partial charge in [0.25, 0.3) is 5.69 Å². The van der Waals surface area contributed by atoms with E-state index in [2.05, 4.69) is 10.6 Å². The molecule has 2 N–H and O–H groups in total. The summed E-state index contributed by atoms with van der Waals surface area (Å²) in [6.45, 7) is 4.56. The maximum absolute atomic E-state index is 12.2. The smallest absolute Gasteiger partial charge is 0.308 e. The minimum Gasteiger partial charge on any atom is -0.463 e. The van der Waals surface area contributed by atoms with Gasteiger partial charge in [-0.2, -0.15) is 0 Å². The third kappa shape index (κ3) is 4.51. The first-order valence-electron chi connectivity index (χ1n) is 7.82. The van der Waals surface area contributed by atoms with E-state index in [1.165, 1.54) is 6.07 Å². The van der Waals surface area contributed by atoms with Crippen molar-refractivity contribution >= 4 is 17.6 Å². The first-order chi connectivity index (χ1) is 11.4. The second-order valence-electron chi connectivity index (χ2n) is 5.98. The number of nitro benzene ring substituents is 1. The molecule has 1 saturated heterocycles. The molecule has 8 heteroatoms. The highest BCUT2D eigenvalue weighted by molar-refractivity contribution is 5.81. The van der Waals surface area contributed by atoms with Gasteiger partial charge in [0.15, 0.2) is 0 Å². The van der Waals surface area contributed by atoms with Crippen LogP contribution in [0.4, 0.5) is 5.69 Å². The van der Waals surface area contributed by atoms with Crippen molar-refractivity contribution in [1.29, 1.82) is 0 Å². The van der Waals surface area contributed by atoms with E-state index in [1.54, 1.807) is 32.0 Å². The number of carbonyl (C=O) groups excluding carboxylic acids is 2. The Kier molecular flexibility index (Phi) is 5.86. The molecule has 1 heterocycles. The molecule has 1 aromatic rings. The zero-order valence-electron chi connectivity index (χ0n) is 13.7. The van der Waals surface area contributed by atoms with Crippen LogP contribution in [0.15, 0.2) is 24.3 Å². The van der Waals surface area contributed by atoms with Crippen molar-refractivity contribution in [2.24, 2.45) is 5.92 Å². The summed E-state index contributed by atoms with van der Waals surface area (Å²) in [4.78, 5) is 34.9. The van der Waals surface area contributed by atoms with Crippen molar-refractivity contribution < 1.29 is 19.2 Å². The molecule has 1 aromatic carbocycles. The van der Waals surface area contributed by atoms with Gasteiger partial charge in [0, 0.05) is 19.2 Å². The molecule has 0 radical (unpaired) electrons. The lowest BCUT2D eigenvalue weighted by Crippen LogP contribution is -2.51. The van der Waals surface area contributed by atoms with Crippen LogP contribution < -0.4 is 10.6 Å². The van der Waals surface area contributed by atoms with Crippen molar-refractivity contribution in [2.45, 2.75) is 32.4 Å². The Morgan fingerprint density at radius 2 is 2.04 bits per heavy atom. The molecule has 0 saturated carbocycles. The zero-order valence-corrected chi connectivity index (χ0v) is 13.7. The molecule has 0 aromatic heterocycles. The fraction of sp³-hybridized carbons (Fsp3) is 0.500. The normalized spacial score (nSPS) is 15.5. The molecule has 2 rings (SSSR count). The van der Waals surface area contributed by atoms with Gasteiger partial charge in [-0.05, 0) is 13.8 Å². The fourth-order valence-electron chi connectivity index (χ4n) is 2.43. The van der Waals surface area contributed by atoms with Gasteiger partial charge in [0.2, 0.25) is 5.91 Å². The molecule has 0 bridgehead atoms. The monoisotopic (exact) mass is 335 g/mol. The molecule has 0 aliphatic carbocycles. The fourth-order valence-corrected chi connectivity index (χ4v) is 2.43. The highest BCUT2D eigenvalue weighted by atomic mass is 16.6. The van der Waals surface area contributed by atoms with E-state index in [9.17, 15) is 19.7 Å². The van der Waals surface area contributed by atoms with Crippen LogP contribution in [0.5, 0.6) is 0 Å². The zero-order chi connectivity index (χ0) is 17.7. The Morgan fingerprint density at radius 3 is 2.58 bits per heavy atom. The number of hydrogen-bond donors (Lipinski definition) is 2. The first kappa shape index (κ1) is 17.9. The number of hydrogen-bond acceptors (Lipinski definition) is 6. The number of nitro groups is 1. The van der Waals surface area contributed by atoms with Crippen LogP contribution in [-0.4, -0.2) is 36.0 Å². The summed E-state index contributed by atoms with van der Waals surface area (Å²) in [6, 6.07) is 5.28. The average molecular weight is 335 g/mol. The van der Waals surface area contributed by atoms with Crippen LogP contribution in [0.1, 0.15) is 31.9 Å². The summed E-state index contributed by atoms with van der Waals surface area (Å²) < 4.78 is 5.11. The Morgan fingerprint density at radius 1 is 1.38 bits per heavy atom. The molecule has 1 unspecified atom stereocenters. The molecule has 8 nitrogen and oxygen atoms in total. The molecule has 0 spiro atoms. The molecule has 1 amide bonds. The van der Waals surface area contributed by atoms with E-state index < -0.39 is 16.9 Å². The second kappa shape index (κ2) is 7.87. The Balaban J connectivity index is 2.22. The van der Waals surface area contributed by atoms with E-state index in [4.69, 9.17) is 4.74 Å². The third-order valence-electron chi connectivity index (χ3n) is 3.72. The summed E-state index contributed by atoms with van der Waals surface area (Å²) in [7, 11) is 0. The molecular weight excluding hydrogens is 314 g/mol. The van der Waals surface area contributed by atoms with Gasteiger partial charge in [-0.1, -0.05) is 18.2 Å². The topological polar surface area (TPSA) is 111 Å². The lowest BCUT2D eigenvalue weighted by atomic mass is 9.98. The number of amides is 1. The average Bonchev–Trinajstić information content (AvgIpc) is 2.43. The van der Waals surface area contributed by atoms with E-state index >= 15 is 0 Å². The predicted molar refractivity (Wildman–Crippen MR) is 86.2 cm³/mol. The number of ether oxygens (including phenoxy) is 1. The van der Waals surface area contributed by atoms with Crippen molar-refractivity contribution in [1.82, 2.24) is 10.6 Å². The summed E-state index contributed by atoms with van der Waals surface area (Å²) >= 11 is 0. The highest BCUT2D eigenvalue weighted by Gasteiger charge is 2.31. The molecule has 130 valence electrons. The summed E-state index contributed by atoms with van der Waals surface area (Å²) in [5.74, 6) is -0.925. The summed E-state index contributed by atoms with van der Waals surface area (Å²) in [5, 5.41) is 17.0. The first-order valence-corrected chi connectivity index (χ1v) is 7.82. The van der Waals surface area contributed by atoms with Gasteiger partial charge in [0.05, 0.1) is 35.0 Å². The minimum absolute atomic E-state index is 0.133. The maximum atomic E-state index is 12.2. The van der Waals surface area contributed by atoms with Crippen molar-refractivity contribution in [3.05, 3.63) is 39.9 Å². The third-order valence-corrected chi connectivity index (χ3v) is 3.72. The van der Waals surface area contributed by atoms with Crippen LogP contribution in [0.3, 0.4) is 0 Å². The summed E-state index contributed by atoms with van der Waals surface area (Å²) in [6.07, 6.45) is -0.454. The van der Waals surface area contributed by atoms with Crippen LogP contribution in [-0.2, 0) is 14.3 Å². The number of nitrogens with one attached hydrogen (secondary N) is 2. The Hall–Kier alpha value is -2.48. The SMILES string of the molecule is CC(C)OC(=O)CC(NC(=O)C1CNC1)c1ccccc1[N+](=O)[O-]. The van der Waals surface area contributed by atoms with E-state index in [1.807, 2.05) is 0 Å². The summed E-state index contributed by atoms with van der Waals surface area (Å²) in [5.41, 5.74) is 0.163. The van der Waals surface area contributed by atoms with Gasteiger partial charge in [-0.15, -0.1) is 0 Å². The molecule has 1 fully saturated rings. The van der Waals surface area contributed by atoms with Gasteiger partial charge in [0.1, 0.15) is 0 Å². The number of para-hydroxylation sites is 1. The van der Waals surface area contributed by atoms with E-state index in [0.29, 0.717) is 18.7 Å². The molecular formula is C16H21N3O5. The number of esters is 1. The molecule has 24 heavy (non-hydrogen) atoms. The second-order valence-corrected chi connectivity index (χ2v) is 5.98. The predicted octanol–water partition coefficient (Wildman–Crippen LogP) is 1.31. The van der Waals surface area contributed by atoms with Crippen molar-refractivity contribution in [2.75, 3.05) is 13.1 Å². The standard InChI is InChI=1S/C16H21N3O5/c1-10(2)24-15(20)7-13(18-16(21)11-8-17-9-11)12-5-3-4-6-14(12)19(22)23/h3-6,10-11,13,17H,7-9H2,1-2H3,(H,18,21). The number of nitrogens with zero attached hydrogens (tertiary/aromatic N) is 1. The minimum atomic E-state index is -0.800. The van der Waals surface area contributed by atoms with Gasteiger partial charge >= 0.3 is 5.97 Å². The lowest BCUT2D eigenvalue weighted by molar-refractivity contribution is -0.385. The van der Waals surface area contributed by atoms with Crippen LogP contribution in [0, 0.1) is 16.0 Å². The number of benzene rings is 1. The number of carbonyl (C=O) groups is 2. The number of rotatable bonds is 7. The molecule has 1 atom stereocenters. The van der Waals surface area contributed by atoms with Crippen molar-refractivity contribution in [3.63, 3.8) is 0 Å². The van der Waals surface area contributed by atoms with Crippen LogP contribution in [0.25, 0.3) is 0 Å². The van der Waals surface area contributed by atoms with Crippen LogP contribution >= 0.6 is 0 Å². The van der Waals surface area contributed by atoms with Gasteiger partial charge in [-0.3, -0.25) is 19.7 Å². The van der Waals surface area contributed by atoms with Gasteiger partial charge < -0.3 is 15.4 Å². The van der Waals surface area contributed by atoms with Gasteiger partial charge in [-0.25, -0.2) is 0 Å². The Labute approximate surface area is 139 Å².